The molecule has 136 valence electrons. The van der Waals surface area contributed by atoms with Gasteiger partial charge in [-0.25, -0.2) is 4.39 Å². The van der Waals surface area contributed by atoms with Gasteiger partial charge in [0.15, 0.2) is 11.5 Å². The summed E-state index contributed by atoms with van der Waals surface area (Å²) in [5.41, 5.74) is -1.31. The number of rotatable bonds is 2. The van der Waals surface area contributed by atoms with Gasteiger partial charge in [-0.15, -0.1) is 0 Å². The molecule has 0 N–H and O–H groups in total. The topological polar surface area (TPSA) is 26.3 Å². The number of allylic oxidation sites excluding steroid dienone is 4. The molecule has 1 saturated heterocycles. The predicted octanol–water partition coefficient (Wildman–Crippen LogP) is 4.64. The molecule has 0 aromatic rings. The van der Waals surface area contributed by atoms with Crippen LogP contribution in [0.15, 0.2) is 23.8 Å². The number of hydrogen-bond donors (Lipinski definition) is 0. The Morgan fingerprint density at radius 2 is 2.12 bits per heavy atom. The molecule has 0 aromatic carbocycles. The Hall–Kier alpha value is -0.610. The second-order valence-corrected chi connectivity index (χ2v) is 10.6. The minimum atomic E-state index is -1.39. The van der Waals surface area contributed by atoms with Crippen molar-refractivity contribution in [2.75, 3.05) is 5.75 Å². The molecule has 2 nitrogen and oxygen atoms in total. The van der Waals surface area contributed by atoms with E-state index in [9.17, 15) is 4.79 Å². The molecule has 1 aliphatic heterocycles. The summed E-state index contributed by atoms with van der Waals surface area (Å²) in [5, 5.41) is 0. The number of ketones is 1. The van der Waals surface area contributed by atoms with Crippen molar-refractivity contribution in [1.29, 1.82) is 0 Å². The Morgan fingerprint density at radius 3 is 2.88 bits per heavy atom. The number of alkyl halides is 1. The molecule has 0 radical (unpaired) electrons. The third-order valence-corrected chi connectivity index (χ3v) is 10.0. The summed E-state index contributed by atoms with van der Waals surface area (Å²) >= 11 is 2.02. The van der Waals surface area contributed by atoms with Crippen molar-refractivity contribution in [3.63, 3.8) is 0 Å². The summed E-state index contributed by atoms with van der Waals surface area (Å²) in [6.07, 6.45) is 9.41. The molecule has 2 bridgehead atoms. The standard InChI is InChI=1S/C21H27FO2S/c1-4-25-20-12-17-21(22)16(15(20)8-10-19(20,3)24-17)6-5-13-11-14(23)7-9-18(13,21)2/h7,9,11,15-17H,4-6,8,10,12H2,1-3H3/t15-,16-,17-,18-,19-,20-,21-/m0/s1. The van der Waals surface area contributed by atoms with E-state index in [1.54, 1.807) is 12.2 Å². The molecule has 4 aliphatic carbocycles. The van der Waals surface area contributed by atoms with Crippen LogP contribution >= 0.6 is 11.8 Å². The van der Waals surface area contributed by atoms with E-state index in [-0.39, 0.29) is 28.2 Å². The highest BCUT2D eigenvalue weighted by Crippen LogP contribution is 2.74. The number of ether oxygens (including phenoxy) is 1. The maximum absolute atomic E-state index is 17.1. The molecule has 5 rings (SSSR count). The normalized spacial score (nSPS) is 55.8. The second-order valence-electron chi connectivity index (χ2n) is 9.03. The van der Waals surface area contributed by atoms with E-state index in [2.05, 4.69) is 13.8 Å². The van der Waals surface area contributed by atoms with Gasteiger partial charge in [0.1, 0.15) is 0 Å². The van der Waals surface area contributed by atoms with Crippen LogP contribution in [0.2, 0.25) is 0 Å². The number of carbonyl (C=O) groups is 1. The molecule has 5 aliphatic rings. The van der Waals surface area contributed by atoms with E-state index in [1.165, 1.54) is 0 Å². The summed E-state index contributed by atoms with van der Waals surface area (Å²) in [7, 11) is 0. The van der Waals surface area contributed by atoms with E-state index >= 15 is 4.39 Å². The van der Waals surface area contributed by atoms with Crippen LogP contribution in [0, 0.1) is 17.3 Å². The van der Waals surface area contributed by atoms with E-state index in [4.69, 9.17) is 4.74 Å². The molecule has 4 fully saturated rings. The predicted molar refractivity (Wildman–Crippen MR) is 98.4 cm³/mol. The van der Waals surface area contributed by atoms with Crippen molar-refractivity contribution in [2.45, 2.75) is 75.0 Å². The number of halogens is 1. The quantitative estimate of drug-likeness (QED) is 0.716. The van der Waals surface area contributed by atoms with E-state index in [0.29, 0.717) is 5.92 Å². The van der Waals surface area contributed by atoms with E-state index in [1.807, 2.05) is 24.8 Å². The highest BCUT2D eigenvalue weighted by atomic mass is 32.2. The molecule has 0 unspecified atom stereocenters. The first-order chi connectivity index (χ1) is 11.8. The highest BCUT2D eigenvalue weighted by Gasteiger charge is 2.78. The average molecular weight is 363 g/mol. The van der Waals surface area contributed by atoms with Crippen molar-refractivity contribution in [3.05, 3.63) is 23.8 Å². The van der Waals surface area contributed by atoms with Gasteiger partial charge in [0.25, 0.3) is 0 Å². The van der Waals surface area contributed by atoms with Crippen LogP contribution in [-0.4, -0.2) is 33.7 Å². The largest absolute Gasteiger partial charge is 0.367 e. The third kappa shape index (κ3) is 1.66. The first-order valence-electron chi connectivity index (χ1n) is 9.76. The molecule has 25 heavy (non-hydrogen) atoms. The average Bonchev–Trinajstić information content (AvgIpc) is 2.97. The van der Waals surface area contributed by atoms with Gasteiger partial charge in [-0.1, -0.05) is 18.6 Å². The van der Waals surface area contributed by atoms with Gasteiger partial charge in [0.2, 0.25) is 0 Å². The highest BCUT2D eigenvalue weighted by molar-refractivity contribution is 8.00. The van der Waals surface area contributed by atoms with Crippen LogP contribution in [-0.2, 0) is 9.53 Å². The van der Waals surface area contributed by atoms with Gasteiger partial charge in [-0.2, -0.15) is 11.8 Å². The molecular weight excluding hydrogens is 335 g/mol. The zero-order valence-electron chi connectivity index (χ0n) is 15.3. The maximum atomic E-state index is 17.1. The Labute approximate surface area is 153 Å². The molecule has 0 amide bonds. The first-order valence-corrected chi connectivity index (χ1v) is 10.7. The zero-order valence-corrected chi connectivity index (χ0v) is 16.1. The fourth-order valence-corrected chi connectivity index (χ4v) is 8.90. The summed E-state index contributed by atoms with van der Waals surface area (Å²) in [4.78, 5) is 11.9. The molecular formula is C21H27FO2S. The minimum absolute atomic E-state index is 0.00189. The third-order valence-electron chi connectivity index (χ3n) is 8.30. The van der Waals surface area contributed by atoms with Crippen LogP contribution in [0.3, 0.4) is 0 Å². The van der Waals surface area contributed by atoms with Crippen molar-refractivity contribution in [2.24, 2.45) is 17.3 Å². The first kappa shape index (κ1) is 16.6. The monoisotopic (exact) mass is 362 g/mol. The lowest BCUT2D eigenvalue weighted by Gasteiger charge is -2.59. The summed E-state index contributed by atoms with van der Waals surface area (Å²) in [5.74, 6) is 1.48. The lowest BCUT2D eigenvalue weighted by atomic mass is 9.48. The van der Waals surface area contributed by atoms with Gasteiger partial charge >= 0.3 is 0 Å². The van der Waals surface area contributed by atoms with Gasteiger partial charge in [0, 0.05) is 11.3 Å². The summed E-state index contributed by atoms with van der Waals surface area (Å²) in [6.45, 7) is 6.45. The number of fused-ring (bicyclic) bond motifs is 6. The molecule has 1 heterocycles. The molecule has 7 atom stereocenters. The van der Waals surface area contributed by atoms with Crippen molar-refractivity contribution in [1.82, 2.24) is 0 Å². The van der Waals surface area contributed by atoms with Gasteiger partial charge in [-0.3, -0.25) is 4.79 Å². The van der Waals surface area contributed by atoms with Crippen molar-refractivity contribution >= 4 is 17.5 Å². The van der Waals surface area contributed by atoms with Crippen LogP contribution in [0.4, 0.5) is 4.39 Å². The van der Waals surface area contributed by atoms with Crippen LogP contribution in [0.5, 0.6) is 0 Å². The van der Waals surface area contributed by atoms with Gasteiger partial charge in [0.05, 0.1) is 16.5 Å². The fourth-order valence-electron chi connectivity index (χ4n) is 7.17. The number of hydrogen-bond acceptors (Lipinski definition) is 3. The van der Waals surface area contributed by atoms with Gasteiger partial charge < -0.3 is 4.74 Å². The summed E-state index contributed by atoms with van der Waals surface area (Å²) in [6, 6.07) is 0. The van der Waals surface area contributed by atoms with E-state index < -0.39 is 11.1 Å². The fraction of sp³-hybridized carbons (Fsp3) is 0.762. The Balaban J connectivity index is 1.67. The number of carbonyl (C=O) groups excluding carboxylic acids is 1. The molecule has 0 spiro atoms. The SMILES string of the molecule is CCS[C@]12C[C@@H]3O[C@@]1(C)CC[C@H]2[C@@H]1CCC2=CC(=O)C=C[C@]2(C)[C@@]31F. The second kappa shape index (κ2) is 4.81. The molecule has 3 saturated carbocycles. The van der Waals surface area contributed by atoms with Crippen molar-refractivity contribution in [3.8, 4) is 0 Å². The minimum Gasteiger partial charge on any atom is -0.367 e. The van der Waals surface area contributed by atoms with E-state index in [0.717, 1.165) is 43.4 Å². The lowest BCUT2D eigenvalue weighted by Crippen LogP contribution is -2.65. The lowest BCUT2D eigenvalue weighted by molar-refractivity contribution is -0.168. The van der Waals surface area contributed by atoms with Crippen LogP contribution in [0.1, 0.15) is 52.9 Å². The Morgan fingerprint density at radius 1 is 1.32 bits per heavy atom. The maximum Gasteiger partial charge on any atom is 0.178 e. The van der Waals surface area contributed by atoms with Gasteiger partial charge in [-0.05, 0) is 69.8 Å². The smallest absolute Gasteiger partial charge is 0.178 e. The zero-order chi connectivity index (χ0) is 17.7. The molecule has 0 aromatic heterocycles. The Bertz CT molecular complexity index is 717. The van der Waals surface area contributed by atoms with Crippen LogP contribution in [0.25, 0.3) is 0 Å². The Kier molecular flexibility index (Phi) is 3.18. The van der Waals surface area contributed by atoms with Crippen molar-refractivity contribution < 1.29 is 13.9 Å². The summed E-state index contributed by atoms with van der Waals surface area (Å²) < 4.78 is 23.7. The van der Waals surface area contributed by atoms with Crippen LogP contribution < -0.4 is 0 Å². The molecule has 4 heteroatoms. The number of thioether (sulfide) groups is 1.